The Morgan fingerprint density at radius 3 is 2.62 bits per heavy atom. The van der Waals surface area contributed by atoms with Gasteiger partial charge in [0.2, 0.25) is 5.91 Å². The molecular weight excluding hydrogens is 222 g/mol. The minimum absolute atomic E-state index is 0.219. The third kappa shape index (κ3) is 5.20. The monoisotopic (exact) mass is 245 g/mol. The van der Waals surface area contributed by atoms with Crippen LogP contribution >= 0.6 is 11.6 Å². The average molecular weight is 246 g/mol. The summed E-state index contributed by atoms with van der Waals surface area (Å²) in [6.45, 7) is 3.02. The van der Waals surface area contributed by atoms with E-state index in [1.165, 1.54) is 32.1 Å². The molecule has 0 radical (unpaired) electrons. The number of carbonyl (C=O) groups excluding carboxylic acids is 1. The van der Waals surface area contributed by atoms with Crippen LogP contribution in [0.15, 0.2) is 0 Å². The van der Waals surface area contributed by atoms with Gasteiger partial charge in [0.1, 0.15) is 0 Å². The second kappa shape index (κ2) is 7.16. The summed E-state index contributed by atoms with van der Waals surface area (Å²) >= 11 is 5.75. The second-order valence-electron chi connectivity index (χ2n) is 5.03. The highest BCUT2D eigenvalue weighted by molar-refractivity contribution is 6.17. The molecule has 2 nitrogen and oxygen atoms in total. The molecule has 0 aromatic carbocycles. The molecule has 1 N–H and O–H groups in total. The van der Waals surface area contributed by atoms with E-state index in [4.69, 9.17) is 11.6 Å². The molecule has 94 valence electrons. The summed E-state index contributed by atoms with van der Waals surface area (Å²) in [4.78, 5) is 11.5. The first-order valence-corrected chi connectivity index (χ1v) is 7.08. The van der Waals surface area contributed by atoms with Crippen LogP contribution in [0.3, 0.4) is 0 Å². The van der Waals surface area contributed by atoms with Gasteiger partial charge in [-0.3, -0.25) is 4.79 Å². The highest BCUT2D eigenvalue weighted by Crippen LogP contribution is 2.48. The number of unbranched alkanes of at least 4 members (excludes halogenated alkanes) is 3. The number of carbonyl (C=O) groups is 1. The molecule has 0 heterocycles. The van der Waals surface area contributed by atoms with Crippen LogP contribution in [0.2, 0.25) is 0 Å². The summed E-state index contributed by atoms with van der Waals surface area (Å²) in [5, 5.41) is 3.05. The molecule has 1 aliphatic rings. The van der Waals surface area contributed by atoms with Crippen LogP contribution in [-0.4, -0.2) is 18.3 Å². The lowest BCUT2D eigenvalue weighted by Gasteiger charge is -2.14. The van der Waals surface area contributed by atoms with Gasteiger partial charge in [0.25, 0.3) is 0 Å². The van der Waals surface area contributed by atoms with Crippen molar-refractivity contribution in [2.24, 2.45) is 5.41 Å². The summed E-state index contributed by atoms with van der Waals surface area (Å²) < 4.78 is 0. The van der Waals surface area contributed by atoms with Crippen molar-refractivity contribution in [2.45, 2.75) is 58.3 Å². The summed E-state index contributed by atoms with van der Waals surface area (Å²) in [5.41, 5.74) is 0.362. The quantitative estimate of drug-likeness (QED) is 0.489. The minimum Gasteiger partial charge on any atom is -0.356 e. The molecule has 16 heavy (non-hydrogen) atoms. The fourth-order valence-corrected chi connectivity index (χ4v) is 2.38. The van der Waals surface area contributed by atoms with E-state index < -0.39 is 0 Å². The molecule has 1 rings (SSSR count). The Labute approximate surface area is 104 Å². The van der Waals surface area contributed by atoms with Gasteiger partial charge in [-0.2, -0.15) is 0 Å². The van der Waals surface area contributed by atoms with Crippen LogP contribution in [-0.2, 0) is 4.79 Å². The topological polar surface area (TPSA) is 29.1 Å². The smallest absolute Gasteiger partial charge is 0.220 e. The number of halogens is 1. The summed E-state index contributed by atoms with van der Waals surface area (Å²) in [7, 11) is 0. The van der Waals surface area contributed by atoms with Crippen LogP contribution in [0.4, 0.5) is 0 Å². The summed E-state index contributed by atoms with van der Waals surface area (Å²) in [6, 6.07) is 0. The average Bonchev–Trinajstić information content (AvgIpc) is 3.03. The first-order valence-electron chi connectivity index (χ1n) is 6.55. The predicted molar refractivity (Wildman–Crippen MR) is 68.8 cm³/mol. The Morgan fingerprint density at radius 1 is 1.31 bits per heavy atom. The van der Waals surface area contributed by atoms with Crippen molar-refractivity contribution >= 4 is 17.5 Å². The maximum atomic E-state index is 11.5. The van der Waals surface area contributed by atoms with Crippen molar-refractivity contribution in [2.75, 3.05) is 12.4 Å². The van der Waals surface area contributed by atoms with Crippen LogP contribution in [0.1, 0.15) is 58.3 Å². The van der Waals surface area contributed by atoms with Gasteiger partial charge in [0, 0.05) is 18.8 Å². The van der Waals surface area contributed by atoms with E-state index in [2.05, 4.69) is 12.2 Å². The van der Waals surface area contributed by atoms with Gasteiger partial charge in [-0.1, -0.05) is 26.2 Å². The van der Waals surface area contributed by atoms with Crippen molar-refractivity contribution in [3.05, 3.63) is 0 Å². The zero-order valence-corrected chi connectivity index (χ0v) is 11.1. The highest BCUT2D eigenvalue weighted by Gasteiger charge is 2.41. The summed E-state index contributed by atoms with van der Waals surface area (Å²) in [6.07, 6.45) is 8.87. The fourth-order valence-electron chi connectivity index (χ4n) is 1.98. The number of hydrogen-bond donors (Lipinski definition) is 1. The van der Waals surface area contributed by atoms with Gasteiger partial charge in [-0.15, -0.1) is 11.6 Å². The Hall–Kier alpha value is -0.240. The Morgan fingerprint density at radius 2 is 2.06 bits per heavy atom. The number of amides is 1. The number of nitrogens with one attached hydrogen (secondary N) is 1. The number of hydrogen-bond acceptors (Lipinski definition) is 1. The standard InChI is InChI=1S/C13H24ClNO/c1-2-3-4-5-6-12(16)15-11-13(7-8-13)9-10-14/h2-11H2,1H3,(H,15,16). The third-order valence-electron chi connectivity index (χ3n) is 3.50. The van der Waals surface area contributed by atoms with Crippen LogP contribution in [0.5, 0.6) is 0 Å². The van der Waals surface area contributed by atoms with Gasteiger partial charge in [0.05, 0.1) is 0 Å². The molecule has 1 saturated carbocycles. The highest BCUT2D eigenvalue weighted by atomic mass is 35.5. The lowest BCUT2D eigenvalue weighted by molar-refractivity contribution is -0.121. The van der Waals surface area contributed by atoms with Crippen molar-refractivity contribution in [1.29, 1.82) is 0 Å². The van der Waals surface area contributed by atoms with Crippen molar-refractivity contribution < 1.29 is 4.79 Å². The molecule has 0 aliphatic heterocycles. The lowest BCUT2D eigenvalue weighted by Crippen LogP contribution is -2.30. The Balaban J connectivity index is 2.02. The van der Waals surface area contributed by atoms with Crippen molar-refractivity contribution in [3.8, 4) is 0 Å². The van der Waals surface area contributed by atoms with E-state index in [9.17, 15) is 4.79 Å². The number of rotatable bonds is 9. The molecule has 0 unspecified atom stereocenters. The van der Waals surface area contributed by atoms with Gasteiger partial charge < -0.3 is 5.32 Å². The lowest BCUT2D eigenvalue weighted by atomic mass is 10.0. The zero-order valence-electron chi connectivity index (χ0n) is 10.4. The van der Waals surface area contributed by atoms with Crippen LogP contribution < -0.4 is 5.32 Å². The molecule has 0 atom stereocenters. The molecular formula is C13H24ClNO. The molecule has 1 amide bonds. The van der Waals surface area contributed by atoms with Gasteiger partial charge in [-0.25, -0.2) is 0 Å². The minimum atomic E-state index is 0.219. The molecule has 0 aromatic heterocycles. The van der Waals surface area contributed by atoms with E-state index in [1.807, 2.05) is 0 Å². The molecule has 3 heteroatoms. The molecule has 1 aliphatic carbocycles. The molecule has 0 aromatic rings. The van der Waals surface area contributed by atoms with Gasteiger partial charge >= 0.3 is 0 Å². The first kappa shape index (κ1) is 13.8. The molecule has 0 saturated heterocycles. The van der Waals surface area contributed by atoms with E-state index in [-0.39, 0.29) is 5.91 Å². The second-order valence-corrected chi connectivity index (χ2v) is 5.40. The fraction of sp³-hybridized carbons (Fsp3) is 0.923. The van der Waals surface area contributed by atoms with Gasteiger partial charge in [0.15, 0.2) is 0 Å². The molecule has 0 spiro atoms. The van der Waals surface area contributed by atoms with E-state index in [0.717, 1.165) is 19.4 Å². The third-order valence-corrected chi connectivity index (χ3v) is 3.69. The van der Waals surface area contributed by atoms with E-state index in [1.54, 1.807) is 0 Å². The van der Waals surface area contributed by atoms with Crippen molar-refractivity contribution in [1.82, 2.24) is 5.32 Å². The normalized spacial score (nSPS) is 17.1. The molecule has 1 fully saturated rings. The molecule has 0 bridgehead atoms. The predicted octanol–water partition coefficient (Wildman–Crippen LogP) is 3.48. The Kier molecular flexibility index (Phi) is 6.18. The Bertz CT molecular complexity index is 214. The van der Waals surface area contributed by atoms with Crippen LogP contribution in [0.25, 0.3) is 0 Å². The summed E-state index contributed by atoms with van der Waals surface area (Å²) in [5.74, 6) is 0.934. The SMILES string of the molecule is CCCCCCC(=O)NCC1(CCCl)CC1. The van der Waals surface area contributed by atoms with Crippen molar-refractivity contribution in [3.63, 3.8) is 0 Å². The van der Waals surface area contributed by atoms with E-state index in [0.29, 0.717) is 17.7 Å². The maximum absolute atomic E-state index is 11.5. The van der Waals surface area contributed by atoms with Crippen LogP contribution in [0, 0.1) is 5.41 Å². The largest absolute Gasteiger partial charge is 0.356 e. The zero-order chi connectivity index (χ0) is 11.9. The maximum Gasteiger partial charge on any atom is 0.220 e. The van der Waals surface area contributed by atoms with Gasteiger partial charge in [-0.05, 0) is 31.1 Å². The van der Waals surface area contributed by atoms with E-state index >= 15 is 0 Å². The first-order chi connectivity index (χ1) is 7.72. The number of alkyl halides is 1.